The number of alkyl carbamates (subject to hydrolysis) is 1. The average molecular weight is 1120 g/mol. The van der Waals surface area contributed by atoms with E-state index in [1.807, 2.05) is 22.9 Å². The molecule has 79 heavy (non-hydrogen) atoms. The van der Waals surface area contributed by atoms with Gasteiger partial charge in [0, 0.05) is 66.7 Å². The van der Waals surface area contributed by atoms with Crippen LogP contribution in [0.5, 0.6) is 0 Å². The SMILES string of the molecule is COC(=O)NC(C(=O)NC(Cc1ccc(C#Cc2ccc(N3CC4CCC(C3)N4C3COC3)nc2)cc1)C(O)CN(Cc1c(F)cc(-c2ccc(F)cn2)cc1F)NC(=O)C(NC(=O)O)C(C)(C)C(F)(F)F)C(C)(C)C(F)(F)F. The van der Waals surface area contributed by atoms with Crippen molar-refractivity contribution in [1.82, 2.24) is 41.3 Å². The van der Waals surface area contributed by atoms with Crippen LogP contribution in [0.1, 0.15) is 62.8 Å². The maximum absolute atomic E-state index is 16.0. The third-order valence-electron chi connectivity index (χ3n) is 14.5. The molecule has 0 saturated carbocycles. The van der Waals surface area contributed by atoms with Gasteiger partial charge >= 0.3 is 24.5 Å². The Bertz CT molecular complexity index is 2860. The Kier molecular flexibility index (Phi) is 18.1. The fourth-order valence-corrected chi connectivity index (χ4v) is 9.57. The van der Waals surface area contributed by atoms with Crippen LogP contribution in [0.4, 0.5) is 54.9 Å². The first kappa shape index (κ1) is 59.5. The van der Waals surface area contributed by atoms with Crippen LogP contribution < -0.4 is 26.3 Å². The van der Waals surface area contributed by atoms with E-state index in [1.54, 1.807) is 18.3 Å². The van der Waals surface area contributed by atoms with Crippen LogP contribution in [0.15, 0.2) is 73.1 Å². The van der Waals surface area contributed by atoms with Gasteiger partial charge in [0.1, 0.15) is 35.4 Å². The number of amides is 4. The molecule has 2 aromatic heterocycles. The second kappa shape index (κ2) is 24.0. The molecule has 7 rings (SSSR count). The summed E-state index contributed by atoms with van der Waals surface area (Å²) in [6.07, 6.45) is -11.9. The fraction of sp³-hybridized carbons (Fsp3) is 0.472. The summed E-state index contributed by atoms with van der Waals surface area (Å²) in [7, 11) is 0.824. The van der Waals surface area contributed by atoms with E-state index >= 15 is 8.78 Å². The summed E-state index contributed by atoms with van der Waals surface area (Å²) >= 11 is 0. The molecule has 4 amide bonds. The smallest absolute Gasteiger partial charge is 0.407 e. The normalized spacial score (nSPS) is 18.6. The second-order valence-corrected chi connectivity index (χ2v) is 20.7. The van der Waals surface area contributed by atoms with Gasteiger partial charge in [0.15, 0.2) is 0 Å². The second-order valence-electron chi connectivity index (χ2n) is 20.7. The van der Waals surface area contributed by atoms with E-state index in [2.05, 4.69) is 41.7 Å². The van der Waals surface area contributed by atoms with E-state index in [-0.39, 0.29) is 16.8 Å². The summed E-state index contributed by atoms with van der Waals surface area (Å²) < 4.78 is 142. The lowest BCUT2D eigenvalue weighted by atomic mass is 9.82. The van der Waals surface area contributed by atoms with E-state index in [4.69, 9.17) is 4.74 Å². The van der Waals surface area contributed by atoms with Crippen molar-refractivity contribution in [3.05, 3.63) is 113 Å². The largest absolute Gasteiger partial charge is 0.465 e. The lowest BCUT2D eigenvalue weighted by molar-refractivity contribution is -0.221. The van der Waals surface area contributed by atoms with Crippen LogP contribution in [0, 0.1) is 40.1 Å². The van der Waals surface area contributed by atoms with E-state index in [1.165, 1.54) is 17.4 Å². The highest BCUT2D eigenvalue weighted by Gasteiger charge is 2.57. The fourth-order valence-electron chi connectivity index (χ4n) is 9.57. The zero-order valence-electron chi connectivity index (χ0n) is 43.3. The molecular weight excluding hydrogens is 1060 g/mol. The number of nitrogens with one attached hydrogen (secondary N) is 4. The van der Waals surface area contributed by atoms with Crippen molar-refractivity contribution >= 4 is 29.8 Å². The molecule has 6 atom stereocenters. The van der Waals surface area contributed by atoms with Gasteiger partial charge in [-0.2, -0.15) is 26.3 Å². The van der Waals surface area contributed by atoms with Gasteiger partial charge in [0.25, 0.3) is 5.91 Å². The number of benzene rings is 2. The van der Waals surface area contributed by atoms with Gasteiger partial charge < -0.3 is 40.5 Å². The molecule has 26 heteroatoms. The molecule has 4 aromatic rings. The standard InChI is InChI=1S/C53H58F9N9O8/c1-50(2,52(57,58)59)44(67-49(77)78-5)46(73)65-41(18-30-9-6-29(7-10-30)8-11-31-12-17-43(64-21-31)69-23-34-14-15-35(24-69)71(34)36-27-79-28-36)42(72)26-70(68-47(74)45(66-48(75)76)51(3,4)53(60,61)62)25-37-38(55)19-32(20-39(37)56)40-16-13-33(54)22-63-40/h6-7,9-10,12-13,16-17,19-22,34-36,41-42,44-45,66,72H,14-15,18,23-28H2,1-5H3,(H,65,73)(H,67,77)(H,68,74)(H,75,76). The number of carbonyl (C=O) groups excluding carboxylic acids is 3. The molecule has 2 bridgehead atoms. The minimum Gasteiger partial charge on any atom is -0.465 e. The molecule has 0 radical (unpaired) electrons. The highest BCUT2D eigenvalue weighted by atomic mass is 19.4. The summed E-state index contributed by atoms with van der Waals surface area (Å²) in [5, 5.41) is 27.7. The number of nitrogens with zero attached hydrogens (tertiary/aromatic N) is 5. The minimum absolute atomic E-state index is 0.0929. The number of fused-ring (bicyclic) bond motifs is 2. The summed E-state index contributed by atoms with van der Waals surface area (Å²) in [6.45, 7) is 3.13. The molecule has 6 N–H and O–H groups in total. The number of aliphatic hydroxyl groups is 1. The van der Waals surface area contributed by atoms with Crippen LogP contribution in [0.2, 0.25) is 0 Å². The molecular formula is C53H58F9N9O8. The number of alkyl halides is 6. The monoisotopic (exact) mass is 1120 g/mol. The number of ether oxygens (including phenoxy) is 2. The van der Waals surface area contributed by atoms with Crippen molar-refractivity contribution in [3.63, 3.8) is 0 Å². The molecule has 2 aromatic carbocycles. The first-order valence-corrected chi connectivity index (χ1v) is 24.8. The van der Waals surface area contributed by atoms with Crippen LogP contribution >= 0.6 is 0 Å². The van der Waals surface area contributed by atoms with Crippen LogP contribution in [0.25, 0.3) is 11.3 Å². The Morgan fingerprint density at radius 1 is 0.772 bits per heavy atom. The molecule has 426 valence electrons. The van der Waals surface area contributed by atoms with Crippen LogP contribution in [-0.2, 0) is 32.0 Å². The quantitative estimate of drug-likeness (QED) is 0.0359. The number of rotatable bonds is 18. The highest BCUT2D eigenvalue weighted by Crippen LogP contribution is 2.42. The van der Waals surface area contributed by atoms with Gasteiger partial charge in [-0.05, 0) is 101 Å². The predicted molar refractivity (Wildman–Crippen MR) is 266 cm³/mol. The van der Waals surface area contributed by atoms with Gasteiger partial charge in [-0.1, -0.05) is 24.0 Å². The molecule has 6 unspecified atom stereocenters. The third-order valence-corrected chi connectivity index (χ3v) is 14.5. The number of carbonyl (C=O) groups is 4. The van der Waals surface area contributed by atoms with E-state index in [0.29, 0.717) is 62.0 Å². The van der Waals surface area contributed by atoms with Gasteiger partial charge in [-0.25, -0.2) is 32.8 Å². The number of hydrogen-bond acceptors (Lipinski definition) is 12. The lowest BCUT2D eigenvalue weighted by Crippen LogP contribution is -2.63. The average Bonchev–Trinajstić information content (AvgIpc) is 3.87. The van der Waals surface area contributed by atoms with E-state index in [9.17, 15) is 60.1 Å². The van der Waals surface area contributed by atoms with E-state index < -0.39 is 114 Å². The first-order chi connectivity index (χ1) is 37.1. The van der Waals surface area contributed by atoms with Crippen molar-refractivity contribution in [1.29, 1.82) is 0 Å². The maximum atomic E-state index is 16.0. The van der Waals surface area contributed by atoms with Crippen molar-refractivity contribution < 1.29 is 78.4 Å². The lowest BCUT2D eigenvalue weighted by Gasteiger charge is -2.47. The number of aliphatic hydroxyl groups excluding tert-OH is 1. The van der Waals surface area contributed by atoms with E-state index in [0.717, 1.165) is 82.5 Å². The first-order valence-electron chi connectivity index (χ1n) is 24.8. The van der Waals surface area contributed by atoms with Crippen molar-refractivity contribution in [3.8, 4) is 23.1 Å². The molecule has 0 spiro atoms. The van der Waals surface area contributed by atoms with Gasteiger partial charge in [-0.15, -0.1) is 0 Å². The number of hydrazine groups is 1. The van der Waals surface area contributed by atoms with Crippen molar-refractivity contribution in [2.24, 2.45) is 10.8 Å². The zero-order valence-corrected chi connectivity index (χ0v) is 43.3. The molecule has 3 aliphatic rings. The Morgan fingerprint density at radius 2 is 1.35 bits per heavy atom. The number of hydrogen-bond donors (Lipinski definition) is 6. The molecule has 3 aliphatic heterocycles. The number of anilines is 1. The summed E-state index contributed by atoms with van der Waals surface area (Å²) in [6, 6.07) is 7.82. The van der Waals surface area contributed by atoms with Crippen molar-refractivity contribution in [2.75, 3.05) is 44.9 Å². The summed E-state index contributed by atoms with van der Waals surface area (Å²) in [5.74, 6) is 0.114. The van der Waals surface area contributed by atoms with Gasteiger partial charge in [-0.3, -0.25) is 24.9 Å². The number of piperazine rings is 1. The molecule has 3 fully saturated rings. The van der Waals surface area contributed by atoms with Gasteiger partial charge in [0.2, 0.25) is 5.91 Å². The number of carboxylic acid groups (broad SMARTS) is 1. The number of methoxy groups -OCH3 is 1. The molecule has 0 aliphatic carbocycles. The molecule has 3 saturated heterocycles. The topological polar surface area (TPSA) is 211 Å². The number of pyridine rings is 2. The van der Waals surface area contributed by atoms with Crippen LogP contribution in [0.3, 0.4) is 0 Å². The van der Waals surface area contributed by atoms with Gasteiger partial charge in [0.05, 0.1) is 61.2 Å². The Morgan fingerprint density at radius 3 is 1.86 bits per heavy atom. The minimum atomic E-state index is -5.26. The van der Waals surface area contributed by atoms with Crippen molar-refractivity contribution in [2.45, 2.75) is 108 Å². The maximum Gasteiger partial charge on any atom is 0.407 e. The number of aromatic nitrogens is 2. The summed E-state index contributed by atoms with van der Waals surface area (Å²) in [5.41, 5.74) is -4.07. The molecule has 5 heterocycles. The number of halogens is 9. The Labute approximate surface area is 448 Å². The predicted octanol–water partition coefficient (Wildman–Crippen LogP) is 6.47. The zero-order chi connectivity index (χ0) is 57.8. The summed E-state index contributed by atoms with van der Waals surface area (Å²) in [4.78, 5) is 65.4. The Balaban J connectivity index is 1.17. The highest BCUT2D eigenvalue weighted by molar-refractivity contribution is 5.87. The molecule has 17 nitrogen and oxygen atoms in total. The third kappa shape index (κ3) is 14.0. The Hall–Kier alpha value is -7.21. The van der Waals surface area contributed by atoms with Crippen LogP contribution in [-0.4, -0.2) is 149 Å².